The zero-order chi connectivity index (χ0) is 12.1. The summed E-state index contributed by atoms with van der Waals surface area (Å²) in [4.78, 5) is 4.43. The smallest absolute Gasteiger partial charge is 0.0541 e. The van der Waals surface area contributed by atoms with Crippen LogP contribution in [0.25, 0.3) is 0 Å². The van der Waals surface area contributed by atoms with Crippen molar-refractivity contribution >= 4 is 0 Å². The zero-order valence-electron chi connectivity index (χ0n) is 11.1. The van der Waals surface area contributed by atoms with E-state index in [-0.39, 0.29) is 0 Å². The number of nitrogens with one attached hydrogen (secondary N) is 1. The number of pyridine rings is 1. The van der Waals surface area contributed by atoms with E-state index < -0.39 is 0 Å². The van der Waals surface area contributed by atoms with Crippen LogP contribution in [-0.4, -0.2) is 11.0 Å². The van der Waals surface area contributed by atoms with Gasteiger partial charge in [0.25, 0.3) is 0 Å². The fourth-order valence-corrected chi connectivity index (χ4v) is 2.67. The largest absolute Gasteiger partial charge is 0.308 e. The maximum absolute atomic E-state index is 4.43. The summed E-state index contributed by atoms with van der Waals surface area (Å²) in [6.45, 7) is 5.30. The van der Waals surface area contributed by atoms with Crippen molar-refractivity contribution in [2.45, 2.75) is 58.5 Å². The van der Waals surface area contributed by atoms with Crippen molar-refractivity contribution in [2.24, 2.45) is 5.92 Å². The molecular weight excluding hydrogens is 208 g/mol. The first-order valence-electron chi connectivity index (χ1n) is 6.90. The Labute approximate surface area is 105 Å². The SMILES string of the molecule is Cc1ccc(CN[C@H](C)C2CCCCC2)nc1. The molecule has 0 radical (unpaired) electrons. The van der Waals surface area contributed by atoms with Gasteiger partial charge in [0.1, 0.15) is 0 Å². The lowest BCUT2D eigenvalue weighted by molar-refractivity contribution is 0.280. The van der Waals surface area contributed by atoms with E-state index in [0.29, 0.717) is 6.04 Å². The van der Waals surface area contributed by atoms with E-state index in [4.69, 9.17) is 0 Å². The average Bonchev–Trinajstić information content (AvgIpc) is 2.39. The molecule has 17 heavy (non-hydrogen) atoms. The molecule has 0 bridgehead atoms. The van der Waals surface area contributed by atoms with Gasteiger partial charge in [-0.05, 0) is 44.2 Å². The van der Waals surface area contributed by atoms with Crippen molar-refractivity contribution in [3.63, 3.8) is 0 Å². The number of aromatic nitrogens is 1. The van der Waals surface area contributed by atoms with Crippen LogP contribution >= 0.6 is 0 Å². The van der Waals surface area contributed by atoms with Crippen LogP contribution in [0.4, 0.5) is 0 Å². The molecule has 1 heterocycles. The van der Waals surface area contributed by atoms with Crippen molar-refractivity contribution in [3.05, 3.63) is 29.6 Å². The highest BCUT2D eigenvalue weighted by atomic mass is 14.9. The van der Waals surface area contributed by atoms with Crippen molar-refractivity contribution in [2.75, 3.05) is 0 Å². The maximum Gasteiger partial charge on any atom is 0.0541 e. The molecule has 1 aliphatic carbocycles. The van der Waals surface area contributed by atoms with Gasteiger partial charge >= 0.3 is 0 Å². The minimum Gasteiger partial charge on any atom is -0.308 e. The third-order valence-corrected chi connectivity index (χ3v) is 3.93. The third-order valence-electron chi connectivity index (χ3n) is 3.93. The van der Waals surface area contributed by atoms with Gasteiger partial charge in [-0.1, -0.05) is 25.3 Å². The molecule has 0 spiro atoms. The van der Waals surface area contributed by atoms with Crippen LogP contribution in [0, 0.1) is 12.8 Å². The van der Waals surface area contributed by atoms with Gasteiger partial charge in [-0.25, -0.2) is 0 Å². The fourth-order valence-electron chi connectivity index (χ4n) is 2.67. The van der Waals surface area contributed by atoms with Crippen LogP contribution in [0.2, 0.25) is 0 Å². The third kappa shape index (κ3) is 3.81. The Kier molecular flexibility index (Phi) is 4.55. The monoisotopic (exact) mass is 232 g/mol. The molecule has 1 N–H and O–H groups in total. The Morgan fingerprint density at radius 3 is 2.71 bits per heavy atom. The highest BCUT2D eigenvalue weighted by Gasteiger charge is 2.19. The van der Waals surface area contributed by atoms with Crippen molar-refractivity contribution in [1.29, 1.82) is 0 Å². The van der Waals surface area contributed by atoms with Gasteiger partial charge in [0.05, 0.1) is 5.69 Å². The second-order valence-electron chi connectivity index (χ2n) is 5.39. The molecule has 2 heteroatoms. The molecule has 1 aromatic rings. The molecule has 94 valence electrons. The van der Waals surface area contributed by atoms with Crippen LogP contribution in [0.15, 0.2) is 18.3 Å². The lowest BCUT2D eigenvalue weighted by atomic mass is 9.84. The summed E-state index contributed by atoms with van der Waals surface area (Å²) in [5.41, 5.74) is 2.38. The molecule has 2 rings (SSSR count). The normalized spacial score (nSPS) is 19.2. The second kappa shape index (κ2) is 6.15. The number of aryl methyl sites for hydroxylation is 1. The minimum absolute atomic E-state index is 0.624. The number of nitrogens with zero attached hydrogens (tertiary/aromatic N) is 1. The summed E-state index contributed by atoms with van der Waals surface area (Å²) < 4.78 is 0. The first kappa shape index (κ1) is 12.6. The van der Waals surface area contributed by atoms with Gasteiger partial charge in [0.15, 0.2) is 0 Å². The van der Waals surface area contributed by atoms with Crippen molar-refractivity contribution in [1.82, 2.24) is 10.3 Å². The van der Waals surface area contributed by atoms with E-state index in [9.17, 15) is 0 Å². The van der Waals surface area contributed by atoms with Crippen LogP contribution in [0.5, 0.6) is 0 Å². The van der Waals surface area contributed by atoms with E-state index >= 15 is 0 Å². The molecule has 0 amide bonds. The van der Waals surface area contributed by atoms with Crippen LogP contribution in [-0.2, 0) is 6.54 Å². The summed E-state index contributed by atoms with van der Waals surface area (Å²) in [7, 11) is 0. The average molecular weight is 232 g/mol. The predicted octanol–water partition coefficient (Wildman–Crippen LogP) is 3.45. The van der Waals surface area contributed by atoms with Gasteiger partial charge in [-0.2, -0.15) is 0 Å². The predicted molar refractivity (Wildman–Crippen MR) is 71.9 cm³/mol. The molecule has 0 aliphatic heterocycles. The summed E-state index contributed by atoms with van der Waals surface area (Å²) in [5, 5.41) is 3.63. The van der Waals surface area contributed by atoms with Crippen molar-refractivity contribution < 1.29 is 0 Å². The van der Waals surface area contributed by atoms with Gasteiger partial charge in [-0.15, -0.1) is 0 Å². The Bertz CT molecular complexity index is 325. The number of rotatable bonds is 4. The first-order chi connectivity index (χ1) is 8.25. The minimum atomic E-state index is 0.624. The molecule has 2 nitrogen and oxygen atoms in total. The molecule has 0 saturated heterocycles. The van der Waals surface area contributed by atoms with Crippen LogP contribution in [0.3, 0.4) is 0 Å². The van der Waals surface area contributed by atoms with E-state index in [0.717, 1.165) is 18.2 Å². The molecular formula is C15H24N2. The molecule has 0 aromatic carbocycles. The summed E-state index contributed by atoms with van der Waals surface area (Å²) in [5.74, 6) is 0.870. The topological polar surface area (TPSA) is 24.9 Å². The Hall–Kier alpha value is -0.890. The first-order valence-corrected chi connectivity index (χ1v) is 6.90. The van der Waals surface area contributed by atoms with Gasteiger partial charge in [0, 0.05) is 18.8 Å². The molecule has 1 aliphatic rings. The summed E-state index contributed by atoms with van der Waals surface area (Å²) in [6.07, 6.45) is 9.01. The quantitative estimate of drug-likeness (QED) is 0.860. The summed E-state index contributed by atoms with van der Waals surface area (Å²) >= 11 is 0. The zero-order valence-corrected chi connectivity index (χ0v) is 11.1. The van der Waals surface area contributed by atoms with E-state index in [1.54, 1.807) is 0 Å². The molecule has 1 fully saturated rings. The molecule has 1 aromatic heterocycles. The van der Waals surface area contributed by atoms with Crippen LogP contribution < -0.4 is 5.32 Å². The standard InChI is InChI=1S/C15H24N2/c1-12-8-9-15(17-10-12)11-16-13(2)14-6-4-3-5-7-14/h8-10,13-14,16H,3-7,11H2,1-2H3/t13-/m1/s1. The van der Waals surface area contributed by atoms with E-state index in [2.05, 4.69) is 36.3 Å². The second-order valence-corrected chi connectivity index (χ2v) is 5.39. The summed E-state index contributed by atoms with van der Waals surface area (Å²) in [6, 6.07) is 4.88. The highest BCUT2D eigenvalue weighted by Crippen LogP contribution is 2.26. The van der Waals surface area contributed by atoms with Crippen LogP contribution in [0.1, 0.15) is 50.3 Å². The fraction of sp³-hybridized carbons (Fsp3) is 0.667. The Morgan fingerprint density at radius 1 is 1.29 bits per heavy atom. The Morgan fingerprint density at radius 2 is 2.06 bits per heavy atom. The molecule has 1 saturated carbocycles. The van der Waals surface area contributed by atoms with Gasteiger partial charge in [-0.3, -0.25) is 4.98 Å². The molecule has 0 unspecified atom stereocenters. The molecule has 1 atom stereocenters. The maximum atomic E-state index is 4.43. The van der Waals surface area contributed by atoms with Gasteiger partial charge < -0.3 is 5.32 Å². The lowest BCUT2D eigenvalue weighted by Crippen LogP contribution is -2.34. The number of hydrogen-bond acceptors (Lipinski definition) is 2. The van der Waals surface area contributed by atoms with Crippen molar-refractivity contribution in [3.8, 4) is 0 Å². The van der Waals surface area contributed by atoms with Gasteiger partial charge in [0.2, 0.25) is 0 Å². The number of hydrogen-bond donors (Lipinski definition) is 1. The van der Waals surface area contributed by atoms with E-state index in [1.165, 1.54) is 37.7 Å². The highest BCUT2D eigenvalue weighted by molar-refractivity contribution is 5.12. The van der Waals surface area contributed by atoms with E-state index in [1.807, 2.05) is 6.20 Å². The lowest BCUT2D eigenvalue weighted by Gasteiger charge is -2.28. The Balaban J connectivity index is 1.78.